The number of imide groups is 1. The quantitative estimate of drug-likeness (QED) is 0.547. The molecule has 3 aliphatic heterocycles. The van der Waals surface area contributed by atoms with Crippen LogP contribution in [-0.4, -0.2) is 54.7 Å². The van der Waals surface area contributed by atoms with Crippen LogP contribution in [0.3, 0.4) is 0 Å². The lowest BCUT2D eigenvalue weighted by molar-refractivity contribution is -0.137. The second kappa shape index (κ2) is 9.50. The van der Waals surface area contributed by atoms with Crippen molar-refractivity contribution in [3.8, 4) is 0 Å². The van der Waals surface area contributed by atoms with Crippen LogP contribution in [0.15, 0.2) is 36.4 Å². The molecule has 0 spiro atoms. The Balaban J connectivity index is 1.33. The lowest BCUT2D eigenvalue weighted by Gasteiger charge is -2.30. The molecule has 3 aliphatic rings. The summed E-state index contributed by atoms with van der Waals surface area (Å²) in [6, 6.07) is 11.1. The molecular weight excluding hydrogens is 446 g/mol. The van der Waals surface area contributed by atoms with Gasteiger partial charge in [0.1, 0.15) is 6.04 Å². The van der Waals surface area contributed by atoms with Crippen molar-refractivity contribution in [1.82, 2.24) is 15.5 Å². The van der Waals surface area contributed by atoms with Gasteiger partial charge in [-0.15, -0.1) is 0 Å². The van der Waals surface area contributed by atoms with E-state index in [4.69, 9.17) is 0 Å². The number of rotatable bonds is 6. The molecule has 0 aromatic heterocycles. The summed E-state index contributed by atoms with van der Waals surface area (Å²) >= 11 is 0. The minimum Gasteiger partial charge on any atom is -0.381 e. The van der Waals surface area contributed by atoms with Gasteiger partial charge in [0.15, 0.2) is 0 Å². The first-order valence-corrected chi connectivity index (χ1v) is 12.0. The van der Waals surface area contributed by atoms with Crippen LogP contribution in [0.25, 0.3) is 0 Å². The first kappa shape index (κ1) is 23.0. The minimum absolute atomic E-state index is 0.0542. The fraction of sp³-hybridized carbons (Fsp3) is 0.385. The van der Waals surface area contributed by atoms with Gasteiger partial charge in [-0.2, -0.15) is 0 Å². The third-order valence-corrected chi connectivity index (χ3v) is 7.00. The van der Waals surface area contributed by atoms with Crippen LogP contribution in [-0.2, 0) is 33.9 Å². The van der Waals surface area contributed by atoms with Crippen LogP contribution in [0.2, 0.25) is 0 Å². The largest absolute Gasteiger partial charge is 0.381 e. The molecule has 3 N–H and O–H groups in total. The summed E-state index contributed by atoms with van der Waals surface area (Å²) in [6.07, 6.45) is 2.47. The molecule has 35 heavy (non-hydrogen) atoms. The Hall–Kier alpha value is -3.72. The van der Waals surface area contributed by atoms with E-state index in [0.29, 0.717) is 38.2 Å². The van der Waals surface area contributed by atoms with Crippen molar-refractivity contribution in [2.45, 2.75) is 44.8 Å². The highest BCUT2D eigenvalue weighted by Gasteiger charge is 2.39. The molecule has 0 aliphatic carbocycles. The lowest BCUT2D eigenvalue weighted by Crippen LogP contribution is -2.52. The number of piperidine rings is 1. The van der Waals surface area contributed by atoms with E-state index in [0.717, 1.165) is 40.9 Å². The van der Waals surface area contributed by atoms with E-state index in [1.54, 1.807) is 18.0 Å². The van der Waals surface area contributed by atoms with Gasteiger partial charge in [-0.25, -0.2) is 0 Å². The number of carbonyl (C=O) groups excluding carboxylic acids is 4. The summed E-state index contributed by atoms with van der Waals surface area (Å²) < 4.78 is 0. The van der Waals surface area contributed by atoms with Crippen molar-refractivity contribution in [3.05, 3.63) is 58.7 Å². The van der Waals surface area contributed by atoms with E-state index < -0.39 is 11.9 Å². The van der Waals surface area contributed by atoms with E-state index >= 15 is 0 Å². The van der Waals surface area contributed by atoms with E-state index in [9.17, 15) is 19.2 Å². The number of nitrogens with zero attached hydrogens (tertiary/aromatic N) is 2. The Morgan fingerprint density at radius 3 is 2.80 bits per heavy atom. The zero-order valence-electron chi connectivity index (χ0n) is 19.7. The maximum Gasteiger partial charge on any atom is 0.255 e. The Labute approximate surface area is 203 Å². The van der Waals surface area contributed by atoms with E-state index in [1.165, 1.54) is 0 Å². The summed E-state index contributed by atoms with van der Waals surface area (Å²) in [4.78, 5) is 52.9. The maximum atomic E-state index is 13.1. The number of benzene rings is 2. The van der Waals surface area contributed by atoms with Gasteiger partial charge in [0.05, 0.1) is 6.54 Å². The van der Waals surface area contributed by atoms with Gasteiger partial charge in [0, 0.05) is 43.0 Å². The molecular formula is C26H29N5O4. The Bertz CT molecular complexity index is 1210. The number of anilines is 2. The maximum absolute atomic E-state index is 13.1. The molecule has 2 aromatic rings. The average Bonchev–Trinajstić information content (AvgIpc) is 3.19. The summed E-state index contributed by atoms with van der Waals surface area (Å²) in [7, 11) is 1.77. The van der Waals surface area contributed by atoms with Crippen LogP contribution >= 0.6 is 0 Å². The number of likely N-dealkylation sites (N-methyl/N-ethyl adjacent to an activating group) is 1. The van der Waals surface area contributed by atoms with Crippen molar-refractivity contribution >= 4 is 35.0 Å². The summed E-state index contributed by atoms with van der Waals surface area (Å²) in [5.74, 6) is -0.826. The van der Waals surface area contributed by atoms with Gasteiger partial charge in [0.25, 0.3) is 5.91 Å². The predicted molar refractivity (Wildman–Crippen MR) is 131 cm³/mol. The van der Waals surface area contributed by atoms with E-state index in [-0.39, 0.29) is 24.1 Å². The third-order valence-electron chi connectivity index (χ3n) is 7.00. The number of nitrogens with one attached hydrogen (secondary N) is 3. The first-order chi connectivity index (χ1) is 17.0. The highest BCUT2D eigenvalue weighted by atomic mass is 16.2. The number of hydrogen-bond donors (Lipinski definition) is 3. The van der Waals surface area contributed by atoms with Crippen LogP contribution in [0.4, 0.5) is 11.4 Å². The van der Waals surface area contributed by atoms with Gasteiger partial charge in [-0.1, -0.05) is 18.2 Å². The number of hydrogen-bond acceptors (Lipinski definition) is 6. The van der Waals surface area contributed by atoms with Crippen molar-refractivity contribution in [1.29, 1.82) is 0 Å². The Morgan fingerprint density at radius 1 is 1.14 bits per heavy atom. The molecule has 0 saturated carbocycles. The zero-order valence-corrected chi connectivity index (χ0v) is 19.7. The molecule has 1 atom stereocenters. The molecule has 9 nitrogen and oxygen atoms in total. The van der Waals surface area contributed by atoms with Crippen LogP contribution in [0, 0.1) is 0 Å². The summed E-state index contributed by atoms with van der Waals surface area (Å²) in [5.41, 5.74) is 5.49. The Morgan fingerprint density at radius 2 is 2.00 bits per heavy atom. The number of amides is 4. The SMILES string of the molecule is CNCC(=O)N1CCCc2ccc(NCc3cccc4c3CN(C3CCC(=O)NC3=O)C4=O)cc21. The van der Waals surface area contributed by atoms with Gasteiger partial charge >= 0.3 is 0 Å². The molecule has 9 heteroatoms. The van der Waals surface area contributed by atoms with Crippen LogP contribution < -0.4 is 20.9 Å². The van der Waals surface area contributed by atoms with E-state index in [2.05, 4.69) is 22.0 Å². The fourth-order valence-corrected chi connectivity index (χ4v) is 5.20. The molecule has 1 fully saturated rings. The molecule has 0 bridgehead atoms. The van der Waals surface area contributed by atoms with Gasteiger partial charge in [-0.3, -0.25) is 24.5 Å². The van der Waals surface area contributed by atoms with Crippen molar-refractivity contribution < 1.29 is 19.2 Å². The van der Waals surface area contributed by atoms with Gasteiger partial charge in [0.2, 0.25) is 17.7 Å². The highest BCUT2D eigenvalue weighted by molar-refractivity contribution is 6.05. The van der Waals surface area contributed by atoms with Gasteiger partial charge < -0.3 is 20.4 Å². The second-order valence-electron chi connectivity index (χ2n) is 9.22. The number of aryl methyl sites for hydroxylation is 1. The number of fused-ring (bicyclic) bond motifs is 2. The topological polar surface area (TPSA) is 111 Å². The first-order valence-electron chi connectivity index (χ1n) is 12.0. The molecule has 3 heterocycles. The third kappa shape index (κ3) is 4.39. The predicted octanol–water partition coefficient (Wildman–Crippen LogP) is 1.56. The number of carbonyl (C=O) groups is 4. The fourth-order valence-electron chi connectivity index (χ4n) is 5.20. The lowest BCUT2D eigenvalue weighted by atomic mass is 10.0. The van der Waals surface area contributed by atoms with Crippen molar-refractivity contribution in [2.75, 3.05) is 30.4 Å². The minimum atomic E-state index is -0.629. The van der Waals surface area contributed by atoms with Crippen molar-refractivity contribution in [3.63, 3.8) is 0 Å². The average molecular weight is 476 g/mol. The van der Waals surface area contributed by atoms with Crippen molar-refractivity contribution in [2.24, 2.45) is 0 Å². The Kier molecular flexibility index (Phi) is 6.25. The summed E-state index contributed by atoms with van der Waals surface area (Å²) in [5, 5.41) is 8.73. The molecule has 182 valence electrons. The zero-order chi connectivity index (χ0) is 24.5. The van der Waals surface area contributed by atoms with E-state index in [1.807, 2.05) is 29.2 Å². The molecule has 1 unspecified atom stereocenters. The highest BCUT2D eigenvalue weighted by Crippen LogP contribution is 2.32. The molecule has 2 aromatic carbocycles. The summed E-state index contributed by atoms with van der Waals surface area (Å²) in [6.45, 7) is 1.85. The van der Waals surface area contributed by atoms with Gasteiger partial charge in [-0.05, 0) is 61.2 Å². The monoisotopic (exact) mass is 475 g/mol. The molecule has 5 rings (SSSR count). The molecule has 1 saturated heterocycles. The normalized spacial score (nSPS) is 19.3. The smallest absolute Gasteiger partial charge is 0.255 e. The van der Waals surface area contributed by atoms with Crippen LogP contribution in [0.5, 0.6) is 0 Å². The second-order valence-corrected chi connectivity index (χ2v) is 9.22. The standard InChI is InChI=1S/C26H29N5O4/c1-27-14-24(33)30-11-3-5-16-7-8-18(12-22(16)30)28-13-17-4-2-6-19-20(17)15-31(26(19)35)21-9-10-23(32)29-25(21)34/h2,4,6-8,12,21,27-28H,3,5,9-11,13-15H2,1H3,(H,29,32,34). The molecule has 0 radical (unpaired) electrons. The van der Waals surface area contributed by atoms with Crippen LogP contribution in [0.1, 0.15) is 46.3 Å². The molecule has 4 amide bonds.